The van der Waals surface area contributed by atoms with E-state index >= 15 is 0 Å². The molecule has 0 amide bonds. The summed E-state index contributed by atoms with van der Waals surface area (Å²) in [5.41, 5.74) is 5.82. The lowest BCUT2D eigenvalue weighted by molar-refractivity contribution is 0.533. The van der Waals surface area contributed by atoms with Crippen molar-refractivity contribution in [1.29, 1.82) is 0 Å². The van der Waals surface area contributed by atoms with Gasteiger partial charge in [-0.3, -0.25) is 0 Å². The predicted molar refractivity (Wildman–Crippen MR) is 77.6 cm³/mol. The van der Waals surface area contributed by atoms with E-state index in [1.165, 1.54) is 44.9 Å². The van der Waals surface area contributed by atoms with E-state index in [1.54, 1.807) is 0 Å². The van der Waals surface area contributed by atoms with Gasteiger partial charge >= 0.3 is 0 Å². The fourth-order valence-corrected chi connectivity index (χ4v) is 2.26. The van der Waals surface area contributed by atoms with Crippen LogP contribution in [0.15, 0.2) is 12.4 Å². The summed E-state index contributed by atoms with van der Waals surface area (Å²) in [6.07, 6.45) is 14.3. The summed E-state index contributed by atoms with van der Waals surface area (Å²) in [6.45, 7) is 5.39. The van der Waals surface area contributed by atoms with Gasteiger partial charge < -0.3 is 10.3 Å². The monoisotopic (exact) mass is 251 g/mol. The van der Waals surface area contributed by atoms with Crippen molar-refractivity contribution < 1.29 is 0 Å². The molecule has 0 aliphatic carbocycles. The van der Waals surface area contributed by atoms with Crippen molar-refractivity contribution in [3.63, 3.8) is 0 Å². The molecular formula is C15H29N3. The molecule has 0 radical (unpaired) electrons. The molecule has 1 atom stereocenters. The summed E-state index contributed by atoms with van der Waals surface area (Å²) >= 11 is 0. The number of hydrogen-bond donors (Lipinski definition) is 1. The van der Waals surface area contributed by atoms with Crippen LogP contribution in [-0.4, -0.2) is 15.6 Å². The van der Waals surface area contributed by atoms with Gasteiger partial charge in [0.2, 0.25) is 0 Å². The van der Waals surface area contributed by atoms with Gasteiger partial charge in [-0.2, -0.15) is 0 Å². The highest BCUT2D eigenvalue weighted by Crippen LogP contribution is 2.09. The lowest BCUT2D eigenvalue weighted by atomic mass is 10.1. The van der Waals surface area contributed by atoms with E-state index in [0.717, 1.165) is 18.8 Å². The lowest BCUT2D eigenvalue weighted by Gasteiger charge is -2.09. The maximum absolute atomic E-state index is 5.82. The second-order valence-electron chi connectivity index (χ2n) is 5.34. The number of hydrogen-bond acceptors (Lipinski definition) is 2. The van der Waals surface area contributed by atoms with Gasteiger partial charge in [0, 0.05) is 31.4 Å². The van der Waals surface area contributed by atoms with Crippen molar-refractivity contribution in [2.24, 2.45) is 5.73 Å². The van der Waals surface area contributed by atoms with E-state index in [4.69, 9.17) is 5.73 Å². The van der Waals surface area contributed by atoms with Gasteiger partial charge in [0.05, 0.1) is 0 Å². The number of rotatable bonds is 10. The van der Waals surface area contributed by atoms with E-state index in [9.17, 15) is 0 Å². The standard InChI is InChI=1S/C15H29N3/c1-3-4-5-6-7-8-9-11-18-12-10-17-15(18)13-14(2)16/h10,12,14H,3-9,11,13,16H2,1-2H3. The maximum Gasteiger partial charge on any atom is 0.110 e. The third-order valence-electron chi connectivity index (χ3n) is 3.31. The highest BCUT2D eigenvalue weighted by Gasteiger charge is 2.04. The Balaban J connectivity index is 2.13. The van der Waals surface area contributed by atoms with Crippen LogP contribution >= 0.6 is 0 Å². The molecule has 1 heterocycles. The Morgan fingerprint density at radius 1 is 1.17 bits per heavy atom. The zero-order valence-electron chi connectivity index (χ0n) is 12.1. The Morgan fingerprint density at radius 3 is 2.50 bits per heavy atom. The molecule has 1 rings (SSSR count). The summed E-state index contributed by atoms with van der Waals surface area (Å²) < 4.78 is 2.26. The quantitative estimate of drug-likeness (QED) is 0.647. The number of imidazole rings is 1. The number of aromatic nitrogens is 2. The highest BCUT2D eigenvalue weighted by molar-refractivity contribution is 4.94. The first-order valence-electron chi connectivity index (χ1n) is 7.49. The Bertz CT molecular complexity index is 304. The third kappa shape index (κ3) is 6.20. The van der Waals surface area contributed by atoms with Crippen molar-refractivity contribution in [3.05, 3.63) is 18.2 Å². The number of nitrogens with zero attached hydrogens (tertiary/aromatic N) is 2. The average molecular weight is 251 g/mol. The van der Waals surface area contributed by atoms with Crippen LogP contribution in [0.5, 0.6) is 0 Å². The van der Waals surface area contributed by atoms with Crippen LogP contribution < -0.4 is 5.73 Å². The summed E-state index contributed by atoms with van der Waals surface area (Å²) in [6, 6.07) is 0.195. The van der Waals surface area contributed by atoms with Gasteiger partial charge in [-0.05, 0) is 13.3 Å². The Morgan fingerprint density at radius 2 is 1.83 bits per heavy atom. The predicted octanol–water partition coefficient (Wildman–Crippen LogP) is 3.52. The summed E-state index contributed by atoms with van der Waals surface area (Å²) in [5.74, 6) is 1.14. The maximum atomic E-state index is 5.82. The number of unbranched alkanes of at least 4 members (excludes halogenated alkanes) is 6. The van der Waals surface area contributed by atoms with Crippen molar-refractivity contribution in [3.8, 4) is 0 Å². The molecule has 0 fully saturated rings. The van der Waals surface area contributed by atoms with E-state index in [-0.39, 0.29) is 6.04 Å². The molecule has 2 N–H and O–H groups in total. The molecular weight excluding hydrogens is 222 g/mol. The van der Waals surface area contributed by atoms with Crippen molar-refractivity contribution in [1.82, 2.24) is 9.55 Å². The summed E-state index contributed by atoms with van der Waals surface area (Å²) in [4.78, 5) is 4.38. The molecule has 0 aliphatic heterocycles. The van der Waals surface area contributed by atoms with E-state index in [2.05, 4.69) is 22.7 Å². The van der Waals surface area contributed by atoms with Crippen LogP contribution in [0.3, 0.4) is 0 Å². The molecule has 1 aromatic rings. The van der Waals surface area contributed by atoms with Gasteiger partial charge in [0.15, 0.2) is 0 Å². The van der Waals surface area contributed by atoms with E-state index in [0.29, 0.717) is 0 Å². The number of aryl methyl sites for hydroxylation is 1. The molecule has 1 aromatic heterocycles. The molecule has 18 heavy (non-hydrogen) atoms. The van der Waals surface area contributed by atoms with Crippen molar-refractivity contribution in [2.45, 2.75) is 77.8 Å². The van der Waals surface area contributed by atoms with Crippen LogP contribution in [0.2, 0.25) is 0 Å². The van der Waals surface area contributed by atoms with Crippen LogP contribution in [0.1, 0.15) is 64.6 Å². The van der Waals surface area contributed by atoms with E-state index < -0.39 is 0 Å². The van der Waals surface area contributed by atoms with Gasteiger partial charge in [0.25, 0.3) is 0 Å². The van der Waals surface area contributed by atoms with Gasteiger partial charge in [-0.1, -0.05) is 45.4 Å². The fraction of sp³-hybridized carbons (Fsp3) is 0.800. The minimum absolute atomic E-state index is 0.195. The largest absolute Gasteiger partial charge is 0.335 e. The Kier molecular flexibility index (Phi) is 7.74. The zero-order valence-corrected chi connectivity index (χ0v) is 12.1. The smallest absolute Gasteiger partial charge is 0.110 e. The van der Waals surface area contributed by atoms with Gasteiger partial charge in [-0.15, -0.1) is 0 Å². The SMILES string of the molecule is CCCCCCCCCn1ccnc1CC(C)N. The average Bonchev–Trinajstić information content (AvgIpc) is 2.75. The third-order valence-corrected chi connectivity index (χ3v) is 3.31. The number of nitrogens with two attached hydrogens (primary N) is 1. The van der Waals surface area contributed by atoms with Gasteiger partial charge in [-0.25, -0.2) is 4.98 Å². The Hall–Kier alpha value is -0.830. The van der Waals surface area contributed by atoms with E-state index in [1.807, 2.05) is 13.1 Å². The second-order valence-corrected chi connectivity index (χ2v) is 5.34. The second kappa shape index (κ2) is 9.15. The summed E-state index contributed by atoms with van der Waals surface area (Å²) in [5, 5.41) is 0. The first kappa shape index (κ1) is 15.2. The molecule has 0 aromatic carbocycles. The van der Waals surface area contributed by atoms with Crippen LogP contribution in [0.25, 0.3) is 0 Å². The van der Waals surface area contributed by atoms with Crippen molar-refractivity contribution in [2.75, 3.05) is 0 Å². The van der Waals surface area contributed by atoms with Crippen molar-refractivity contribution >= 4 is 0 Å². The minimum atomic E-state index is 0.195. The topological polar surface area (TPSA) is 43.8 Å². The van der Waals surface area contributed by atoms with Crippen LogP contribution in [0, 0.1) is 0 Å². The molecule has 1 unspecified atom stereocenters. The Labute approximate surface area is 112 Å². The fourth-order valence-electron chi connectivity index (χ4n) is 2.26. The first-order chi connectivity index (χ1) is 8.74. The van der Waals surface area contributed by atoms with Crippen LogP contribution in [-0.2, 0) is 13.0 Å². The first-order valence-corrected chi connectivity index (χ1v) is 7.49. The molecule has 3 heteroatoms. The lowest BCUT2D eigenvalue weighted by Crippen LogP contribution is -2.20. The minimum Gasteiger partial charge on any atom is -0.335 e. The highest BCUT2D eigenvalue weighted by atomic mass is 15.1. The normalized spacial score (nSPS) is 12.8. The molecule has 0 saturated carbocycles. The molecule has 0 saturated heterocycles. The summed E-state index contributed by atoms with van der Waals surface area (Å²) in [7, 11) is 0. The molecule has 0 bridgehead atoms. The molecule has 104 valence electrons. The van der Waals surface area contributed by atoms with Gasteiger partial charge in [0.1, 0.15) is 5.82 Å². The molecule has 3 nitrogen and oxygen atoms in total. The molecule has 0 spiro atoms. The molecule has 0 aliphatic rings. The zero-order chi connectivity index (χ0) is 13.2. The van der Waals surface area contributed by atoms with Crippen LogP contribution in [0.4, 0.5) is 0 Å².